The quantitative estimate of drug-likeness (QED) is 0.821. The first-order valence-corrected chi connectivity index (χ1v) is 6.64. The standard InChI is InChI=1S/C13H17N3O3/c17-13(18)12-9-1-3-14-6-10(9)15-11(16-12)5-8-2-4-19-7-8/h8,14H,1-7H2,(H,17,18). The number of rotatable bonds is 3. The van der Waals surface area contributed by atoms with Gasteiger partial charge in [0.15, 0.2) is 5.69 Å². The molecule has 0 saturated carbocycles. The monoisotopic (exact) mass is 263 g/mol. The number of fused-ring (bicyclic) bond motifs is 1. The Hall–Kier alpha value is -1.53. The van der Waals surface area contributed by atoms with Gasteiger partial charge in [-0.2, -0.15) is 0 Å². The lowest BCUT2D eigenvalue weighted by atomic mass is 10.0. The van der Waals surface area contributed by atoms with E-state index < -0.39 is 5.97 Å². The number of carbonyl (C=O) groups is 1. The number of nitrogens with zero attached hydrogens (tertiary/aromatic N) is 2. The largest absolute Gasteiger partial charge is 0.477 e. The SMILES string of the molecule is O=C(O)c1nc(CC2CCOC2)nc2c1CCNC2. The Morgan fingerprint density at radius 2 is 2.37 bits per heavy atom. The van der Waals surface area contributed by atoms with E-state index in [4.69, 9.17) is 4.74 Å². The predicted molar refractivity (Wildman–Crippen MR) is 67.0 cm³/mol. The van der Waals surface area contributed by atoms with Gasteiger partial charge in [0, 0.05) is 31.7 Å². The van der Waals surface area contributed by atoms with E-state index in [1.165, 1.54) is 0 Å². The second-order valence-corrected chi connectivity index (χ2v) is 5.08. The summed E-state index contributed by atoms with van der Waals surface area (Å²) in [7, 11) is 0. The fourth-order valence-corrected chi connectivity index (χ4v) is 2.68. The zero-order valence-corrected chi connectivity index (χ0v) is 10.7. The maximum atomic E-state index is 11.3. The van der Waals surface area contributed by atoms with Gasteiger partial charge in [-0.25, -0.2) is 14.8 Å². The molecule has 1 atom stereocenters. The topological polar surface area (TPSA) is 84.3 Å². The highest BCUT2D eigenvalue weighted by Gasteiger charge is 2.24. The fourth-order valence-electron chi connectivity index (χ4n) is 2.68. The van der Waals surface area contributed by atoms with E-state index in [1.807, 2.05) is 0 Å². The summed E-state index contributed by atoms with van der Waals surface area (Å²) in [6.45, 7) is 2.92. The zero-order valence-electron chi connectivity index (χ0n) is 10.7. The van der Waals surface area contributed by atoms with Crippen LogP contribution in [0.3, 0.4) is 0 Å². The lowest BCUT2D eigenvalue weighted by molar-refractivity contribution is 0.0688. The van der Waals surface area contributed by atoms with E-state index in [2.05, 4.69) is 15.3 Å². The Bertz CT molecular complexity index is 498. The molecule has 102 valence electrons. The van der Waals surface area contributed by atoms with Gasteiger partial charge in [0.05, 0.1) is 5.69 Å². The molecular formula is C13H17N3O3. The van der Waals surface area contributed by atoms with Gasteiger partial charge in [-0.05, 0) is 25.3 Å². The minimum Gasteiger partial charge on any atom is -0.477 e. The van der Waals surface area contributed by atoms with Gasteiger partial charge < -0.3 is 15.2 Å². The highest BCUT2D eigenvalue weighted by atomic mass is 16.5. The van der Waals surface area contributed by atoms with Crippen LogP contribution in [0.15, 0.2) is 0 Å². The highest BCUT2D eigenvalue weighted by molar-refractivity contribution is 5.87. The summed E-state index contributed by atoms with van der Waals surface area (Å²) in [6, 6.07) is 0. The van der Waals surface area contributed by atoms with E-state index >= 15 is 0 Å². The molecule has 2 aliphatic rings. The molecule has 0 spiro atoms. The highest BCUT2D eigenvalue weighted by Crippen LogP contribution is 2.20. The lowest BCUT2D eigenvalue weighted by Gasteiger charge is -2.19. The molecule has 6 heteroatoms. The summed E-state index contributed by atoms with van der Waals surface area (Å²) in [5.41, 5.74) is 1.81. The molecule has 2 aliphatic heterocycles. The first-order chi connectivity index (χ1) is 9.24. The molecule has 6 nitrogen and oxygen atoms in total. The molecule has 3 rings (SSSR count). The van der Waals surface area contributed by atoms with Gasteiger partial charge in [0.2, 0.25) is 0 Å². The van der Waals surface area contributed by atoms with Crippen LogP contribution in [0.4, 0.5) is 0 Å². The Morgan fingerprint density at radius 3 is 3.11 bits per heavy atom. The molecule has 1 saturated heterocycles. The van der Waals surface area contributed by atoms with Crippen molar-refractivity contribution in [1.29, 1.82) is 0 Å². The number of nitrogens with one attached hydrogen (secondary N) is 1. The number of carboxylic acids is 1. The lowest BCUT2D eigenvalue weighted by Crippen LogP contribution is -2.28. The van der Waals surface area contributed by atoms with Gasteiger partial charge in [0.1, 0.15) is 5.82 Å². The normalized spacial score (nSPS) is 22.2. The van der Waals surface area contributed by atoms with Gasteiger partial charge in [0.25, 0.3) is 0 Å². The number of aromatic nitrogens is 2. The second kappa shape index (κ2) is 5.22. The molecular weight excluding hydrogens is 246 g/mol. The second-order valence-electron chi connectivity index (χ2n) is 5.08. The van der Waals surface area contributed by atoms with Crippen molar-refractivity contribution < 1.29 is 14.6 Å². The van der Waals surface area contributed by atoms with Crippen LogP contribution in [0, 0.1) is 5.92 Å². The molecule has 2 N–H and O–H groups in total. The number of hydrogen-bond acceptors (Lipinski definition) is 5. The molecule has 0 bridgehead atoms. The third-order valence-corrected chi connectivity index (χ3v) is 3.68. The van der Waals surface area contributed by atoms with Crippen molar-refractivity contribution in [2.24, 2.45) is 5.92 Å². The maximum Gasteiger partial charge on any atom is 0.354 e. The van der Waals surface area contributed by atoms with Crippen molar-refractivity contribution in [3.05, 3.63) is 22.8 Å². The van der Waals surface area contributed by atoms with Crippen LogP contribution in [0.1, 0.15) is 34.0 Å². The number of aromatic carboxylic acids is 1. The average molecular weight is 263 g/mol. The van der Waals surface area contributed by atoms with Crippen LogP contribution in [0.5, 0.6) is 0 Å². The van der Waals surface area contributed by atoms with Gasteiger partial charge >= 0.3 is 5.97 Å². The molecule has 0 aliphatic carbocycles. The van der Waals surface area contributed by atoms with E-state index in [9.17, 15) is 9.90 Å². The first-order valence-electron chi connectivity index (χ1n) is 6.64. The molecule has 1 aromatic rings. The zero-order chi connectivity index (χ0) is 13.2. The summed E-state index contributed by atoms with van der Waals surface area (Å²) in [6.07, 6.45) is 2.39. The summed E-state index contributed by atoms with van der Waals surface area (Å²) in [4.78, 5) is 20.1. The minimum absolute atomic E-state index is 0.181. The molecule has 1 fully saturated rings. The molecule has 0 aromatic carbocycles. The Morgan fingerprint density at radius 1 is 1.47 bits per heavy atom. The maximum absolute atomic E-state index is 11.3. The molecule has 0 radical (unpaired) electrons. The molecule has 19 heavy (non-hydrogen) atoms. The fraction of sp³-hybridized carbons (Fsp3) is 0.615. The smallest absolute Gasteiger partial charge is 0.354 e. The summed E-state index contributed by atoms with van der Waals surface area (Å²) < 4.78 is 5.34. The van der Waals surface area contributed by atoms with Crippen LogP contribution in [-0.4, -0.2) is 40.8 Å². The molecule has 1 aromatic heterocycles. The van der Waals surface area contributed by atoms with E-state index in [-0.39, 0.29) is 5.69 Å². The van der Waals surface area contributed by atoms with Gasteiger partial charge in [-0.15, -0.1) is 0 Å². The number of carboxylic acid groups (broad SMARTS) is 1. The molecule has 0 amide bonds. The Labute approximate surface area is 111 Å². The minimum atomic E-state index is -0.954. The molecule has 1 unspecified atom stereocenters. The van der Waals surface area contributed by atoms with Crippen LogP contribution in [0.2, 0.25) is 0 Å². The molecule has 3 heterocycles. The van der Waals surface area contributed by atoms with Crippen molar-refractivity contribution in [2.75, 3.05) is 19.8 Å². The summed E-state index contributed by atoms with van der Waals surface area (Å²) >= 11 is 0. The van der Waals surface area contributed by atoms with E-state index in [0.29, 0.717) is 31.1 Å². The van der Waals surface area contributed by atoms with Crippen molar-refractivity contribution in [3.63, 3.8) is 0 Å². The van der Waals surface area contributed by atoms with Crippen molar-refractivity contribution >= 4 is 5.97 Å². The first kappa shape index (κ1) is 12.5. The van der Waals surface area contributed by atoms with Crippen LogP contribution >= 0.6 is 0 Å². The van der Waals surface area contributed by atoms with Gasteiger partial charge in [-0.3, -0.25) is 0 Å². The van der Waals surface area contributed by atoms with Gasteiger partial charge in [-0.1, -0.05) is 0 Å². The third kappa shape index (κ3) is 2.59. The average Bonchev–Trinajstić information content (AvgIpc) is 2.90. The summed E-state index contributed by atoms with van der Waals surface area (Å²) in [5.74, 6) is 0.0936. The Balaban J connectivity index is 1.91. The van der Waals surface area contributed by atoms with Crippen molar-refractivity contribution in [2.45, 2.75) is 25.8 Å². The predicted octanol–water partition coefficient (Wildman–Crippen LogP) is 0.400. The van der Waals surface area contributed by atoms with E-state index in [0.717, 1.165) is 37.4 Å². The van der Waals surface area contributed by atoms with Crippen LogP contribution in [-0.2, 0) is 24.1 Å². The van der Waals surface area contributed by atoms with Crippen LogP contribution in [0.25, 0.3) is 0 Å². The number of ether oxygens (including phenoxy) is 1. The third-order valence-electron chi connectivity index (χ3n) is 3.68. The summed E-state index contributed by atoms with van der Waals surface area (Å²) in [5, 5.41) is 12.5. The Kier molecular flexibility index (Phi) is 3.44. The van der Waals surface area contributed by atoms with E-state index in [1.54, 1.807) is 0 Å². The van der Waals surface area contributed by atoms with Crippen molar-refractivity contribution in [1.82, 2.24) is 15.3 Å². The van der Waals surface area contributed by atoms with Crippen LogP contribution < -0.4 is 5.32 Å². The van der Waals surface area contributed by atoms with Crippen molar-refractivity contribution in [3.8, 4) is 0 Å². The number of hydrogen-bond donors (Lipinski definition) is 2.